The van der Waals surface area contributed by atoms with Crippen molar-refractivity contribution in [1.29, 1.82) is 0 Å². The number of hydrogen-bond acceptors (Lipinski definition) is 3. The second-order valence-corrected chi connectivity index (χ2v) is 5.00. The first-order valence-corrected chi connectivity index (χ1v) is 6.94. The molecule has 0 saturated carbocycles. The SMILES string of the molecule is O=C(CCn1ccnc1)Nc1ccc2c(c1)CCCN2. The number of nitrogens with one attached hydrogen (secondary N) is 2. The molecule has 0 bridgehead atoms. The molecule has 20 heavy (non-hydrogen) atoms. The number of anilines is 2. The topological polar surface area (TPSA) is 59.0 Å². The molecule has 1 aliphatic heterocycles. The molecular weight excluding hydrogens is 252 g/mol. The van der Waals surface area contributed by atoms with Crippen molar-refractivity contribution in [3.63, 3.8) is 0 Å². The summed E-state index contributed by atoms with van der Waals surface area (Å²) in [5.41, 5.74) is 3.35. The summed E-state index contributed by atoms with van der Waals surface area (Å²) in [6.07, 6.45) is 7.96. The van der Waals surface area contributed by atoms with Crippen molar-refractivity contribution >= 4 is 17.3 Å². The number of nitrogens with zero attached hydrogens (tertiary/aromatic N) is 2. The van der Waals surface area contributed by atoms with Gasteiger partial charge in [-0.25, -0.2) is 4.98 Å². The molecule has 2 aromatic rings. The van der Waals surface area contributed by atoms with Gasteiger partial charge < -0.3 is 15.2 Å². The van der Waals surface area contributed by atoms with Crippen LogP contribution in [-0.4, -0.2) is 22.0 Å². The van der Waals surface area contributed by atoms with Gasteiger partial charge in [0.05, 0.1) is 6.33 Å². The Kier molecular flexibility index (Phi) is 3.67. The highest BCUT2D eigenvalue weighted by atomic mass is 16.1. The molecule has 0 radical (unpaired) electrons. The second-order valence-electron chi connectivity index (χ2n) is 5.00. The third-order valence-corrected chi connectivity index (χ3v) is 3.48. The zero-order valence-corrected chi connectivity index (χ0v) is 11.3. The van der Waals surface area contributed by atoms with Gasteiger partial charge in [0, 0.05) is 43.3 Å². The predicted octanol–water partition coefficient (Wildman–Crippen LogP) is 2.27. The second kappa shape index (κ2) is 5.77. The zero-order valence-electron chi connectivity index (χ0n) is 11.3. The van der Waals surface area contributed by atoms with Gasteiger partial charge in [-0.2, -0.15) is 0 Å². The largest absolute Gasteiger partial charge is 0.385 e. The average Bonchev–Trinajstić information content (AvgIpc) is 2.98. The number of carbonyl (C=O) groups excluding carboxylic acids is 1. The Morgan fingerprint density at radius 2 is 2.40 bits per heavy atom. The van der Waals surface area contributed by atoms with Gasteiger partial charge in [0.2, 0.25) is 5.91 Å². The summed E-state index contributed by atoms with van der Waals surface area (Å²) in [5, 5.41) is 6.32. The molecule has 1 aromatic heterocycles. The van der Waals surface area contributed by atoms with E-state index in [2.05, 4.69) is 21.7 Å². The molecule has 1 amide bonds. The van der Waals surface area contributed by atoms with Gasteiger partial charge in [-0.3, -0.25) is 4.79 Å². The van der Waals surface area contributed by atoms with Crippen LogP contribution in [0.2, 0.25) is 0 Å². The number of carbonyl (C=O) groups is 1. The summed E-state index contributed by atoms with van der Waals surface area (Å²) >= 11 is 0. The smallest absolute Gasteiger partial charge is 0.226 e. The minimum Gasteiger partial charge on any atom is -0.385 e. The van der Waals surface area contributed by atoms with Crippen molar-refractivity contribution in [2.24, 2.45) is 0 Å². The van der Waals surface area contributed by atoms with E-state index in [1.54, 1.807) is 12.5 Å². The maximum absolute atomic E-state index is 11.9. The first-order valence-electron chi connectivity index (χ1n) is 6.94. The number of aryl methyl sites for hydroxylation is 2. The molecule has 0 spiro atoms. The van der Waals surface area contributed by atoms with Crippen molar-refractivity contribution in [3.05, 3.63) is 42.5 Å². The van der Waals surface area contributed by atoms with Crippen molar-refractivity contribution in [3.8, 4) is 0 Å². The Hall–Kier alpha value is -2.30. The van der Waals surface area contributed by atoms with E-state index in [0.717, 1.165) is 25.1 Å². The van der Waals surface area contributed by atoms with E-state index < -0.39 is 0 Å². The Morgan fingerprint density at radius 3 is 3.25 bits per heavy atom. The minimum absolute atomic E-state index is 0.0300. The summed E-state index contributed by atoms with van der Waals surface area (Å²) in [5.74, 6) is 0.0300. The molecule has 3 rings (SSSR count). The molecular formula is C15H18N4O. The van der Waals surface area contributed by atoms with Crippen LogP contribution in [0, 0.1) is 0 Å². The molecule has 0 saturated heterocycles. The predicted molar refractivity (Wildman–Crippen MR) is 78.7 cm³/mol. The van der Waals surface area contributed by atoms with E-state index in [9.17, 15) is 4.79 Å². The van der Waals surface area contributed by atoms with E-state index in [-0.39, 0.29) is 5.91 Å². The quantitative estimate of drug-likeness (QED) is 0.896. The molecule has 5 nitrogen and oxygen atoms in total. The number of amides is 1. The standard InChI is InChI=1S/C15H18N4O/c20-15(5-8-19-9-7-16-11-19)18-13-3-4-14-12(10-13)2-1-6-17-14/h3-4,7,9-11,17H,1-2,5-6,8H2,(H,18,20). The van der Waals surface area contributed by atoms with Crippen molar-refractivity contribution in [2.45, 2.75) is 25.8 Å². The Morgan fingerprint density at radius 1 is 1.45 bits per heavy atom. The third-order valence-electron chi connectivity index (χ3n) is 3.48. The van der Waals surface area contributed by atoms with Gasteiger partial charge >= 0.3 is 0 Å². The highest BCUT2D eigenvalue weighted by molar-refractivity contribution is 5.91. The van der Waals surface area contributed by atoms with Crippen LogP contribution in [0.25, 0.3) is 0 Å². The molecule has 0 atom stereocenters. The number of hydrogen-bond donors (Lipinski definition) is 2. The molecule has 2 heterocycles. The van der Waals surface area contributed by atoms with Crippen LogP contribution in [0.1, 0.15) is 18.4 Å². The highest BCUT2D eigenvalue weighted by Crippen LogP contribution is 2.25. The van der Waals surface area contributed by atoms with Crippen molar-refractivity contribution < 1.29 is 4.79 Å². The first-order chi connectivity index (χ1) is 9.81. The maximum Gasteiger partial charge on any atom is 0.226 e. The van der Waals surface area contributed by atoms with E-state index in [0.29, 0.717) is 13.0 Å². The van der Waals surface area contributed by atoms with E-state index in [1.807, 2.05) is 22.9 Å². The van der Waals surface area contributed by atoms with Crippen molar-refractivity contribution in [1.82, 2.24) is 9.55 Å². The summed E-state index contributed by atoms with van der Waals surface area (Å²) in [6, 6.07) is 6.06. The van der Waals surface area contributed by atoms with Crippen LogP contribution in [-0.2, 0) is 17.8 Å². The van der Waals surface area contributed by atoms with Crippen LogP contribution in [0.3, 0.4) is 0 Å². The summed E-state index contributed by atoms with van der Waals surface area (Å²) in [4.78, 5) is 15.9. The van der Waals surface area contributed by atoms with Gasteiger partial charge in [0.25, 0.3) is 0 Å². The van der Waals surface area contributed by atoms with Crippen LogP contribution in [0.5, 0.6) is 0 Å². The fraction of sp³-hybridized carbons (Fsp3) is 0.333. The molecule has 5 heteroatoms. The molecule has 0 unspecified atom stereocenters. The minimum atomic E-state index is 0.0300. The summed E-state index contributed by atoms with van der Waals surface area (Å²) < 4.78 is 1.90. The monoisotopic (exact) mass is 270 g/mol. The van der Waals surface area contributed by atoms with E-state index in [4.69, 9.17) is 0 Å². The van der Waals surface area contributed by atoms with E-state index >= 15 is 0 Å². The number of aromatic nitrogens is 2. The lowest BCUT2D eigenvalue weighted by Crippen LogP contribution is -2.15. The van der Waals surface area contributed by atoms with Crippen LogP contribution in [0.4, 0.5) is 11.4 Å². The molecule has 0 fully saturated rings. The van der Waals surface area contributed by atoms with Crippen LogP contribution in [0.15, 0.2) is 36.9 Å². The fourth-order valence-corrected chi connectivity index (χ4v) is 2.43. The normalized spacial score (nSPS) is 13.4. The Labute approximate surface area is 118 Å². The third kappa shape index (κ3) is 2.99. The number of imidazole rings is 1. The summed E-state index contributed by atoms with van der Waals surface area (Å²) in [7, 11) is 0. The lowest BCUT2D eigenvalue weighted by molar-refractivity contribution is -0.116. The van der Waals surface area contributed by atoms with E-state index in [1.165, 1.54) is 11.3 Å². The van der Waals surface area contributed by atoms with Gasteiger partial charge in [-0.05, 0) is 36.6 Å². The van der Waals surface area contributed by atoms with Gasteiger partial charge in [-0.15, -0.1) is 0 Å². The van der Waals surface area contributed by atoms with Crippen LogP contribution < -0.4 is 10.6 Å². The average molecular weight is 270 g/mol. The van der Waals surface area contributed by atoms with Gasteiger partial charge in [0.15, 0.2) is 0 Å². The lowest BCUT2D eigenvalue weighted by atomic mass is 10.0. The lowest BCUT2D eigenvalue weighted by Gasteiger charge is -2.18. The number of fused-ring (bicyclic) bond motifs is 1. The van der Waals surface area contributed by atoms with Crippen molar-refractivity contribution in [2.75, 3.05) is 17.2 Å². The highest BCUT2D eigenvalue weighted by Gasteiger charge is 2.10. The molecule has 104 valence electrons. The molecule has 1 aromatic carbocycles. The van der Waals surface area contributed by atoms with Gasteiger partial charge in [0.1, 0.15) is 0 Å². The van der Waals surface area contributed by atoms with Crippen LogP contribution >= 0.6 is 0 Å². The Bertz CT molecular complexity index is 592. The Balaban J connectivity index is 1.58. The molecule has 1 aliphatic rings. The number of rotatable bonds is 4. The maximum atomic E-state index is 11.9. The summed E-state index contributed by atoms with van der Waals surface area (Å²) in [6.45, 7) is 1.68. The number of benzene rings is 1. The molecule has 2 N–H and O–H groups in total. The zero-order chi connectivity index (χ0) is 13.8. The molecule has 0 aliphatic carbocycles. The van der Waals surface area contributed by atoms with Gasteiger partial charge in [-0.1, -0.05) is 0 Å². The first kappa shape index (κ1) is 12.7. The fourth-order valence-electron chi connectivity index (χ4n) is 2.43.